The van der Waals surface area contributed by atoms with Crippen LogP contribution in [0.15, 0.2) is 0 Å². The summed E-state index contributed by atoms with van der Waals surface area (Å²) < 4.78 is 39.1. The topological polar surface area (TPSA) is 55.3 Å². The van der Waals surface area contributed by atoms with Gasteiger partial charge in [-0.3, -0.25) is 0 Å². The molecule has 0 heterocycles. The van der Waals surface area contributed by atoms with E-state index < -0.39 is 40.6 Å². The van der Waals surface area contributed by atoms with Crippen LogP contribution in [0.3, 0.4) is 0 Å². The largest absolute Gasteiger partial charge is 0.598 e. The molecule has 2 N–H and O–H groups in total. The van der Waals surface area contributed by atoms with Crippen molar-refractivity contribution in [1.82, 2.24) is 4.72 Å². The molecule has 3 nitrogen and oxygen atoms in total. The van der Waals surface area contributed by atoms with Crippen LogP contribution in [0.1, 0.15) is 27.2 Å². The molecule has 1 fully saturated rings. The molecule has 1 aliphatic carbocycles. The summed E-state index contributed by atoms with van der Waals surface area (Å²) in [7, 11) is 0. The molecule has 0 amide bonds. The number of hydrogen-bond acceptors (Lipinski definition) is 3. The lowest BCUT2D eigenvalue weighted by Gasteiger charge is -2.27. The highest BCUT2D eigenvalue weighted by atomic mass is 32.2. The zero-order valence-electron chi connectivity index (χ0n) is 9.09. The maximum Gasteiger partial charge on any atom is 0.253 e. The number of aliphatic hydroxyl groups excluding tert-OH is 1. The molecule has 3 atom stereocenters. The predicted molar refractivity (Wildman–Crippen MR) is 55.0 cm³/mol. The first-order valence-electron chi connectivity index (χ1n) is 4.85. The normalized spacial score (nSPS) is 28.6. The van der Waals surface area contributed by atoms with Gasteiger partial charge in [0.05, 0.1) is 18.6 Å². The third-order valence-electron chi connectivity index (χ3n) is 2.37. The van der Waals surface area contributed by atoms with E-state index >= 15 is 0 Å². The fourth-order valence-corrected chi connectivity index (χ4v) is 2.10. The van der Waals surface area contributed by atoms with Crippen LogP contribution >= 0.6 is 0 Å². The summed E-state index contributed by atoms with van der Waals surface area (Å²) in [5.41, 5.74) is 0. The van der Waals surface area contributed by atoms with Crippen LogP contribution in [0.2, 0.25) is 0 Å². The Morgan fingerprint density at radius 2 is 2.07 bits per heavy atom. The molecule has 0 spiro atoms. The standard InChI is InChI=1S/C9H17F2NO2S/c1-8(2,3)15(14)12-7(5-13)6-4-9(6,10)11/h6-7,12-13H,4-5H2,1-3H3. The average Bonchev–Trinajstić information content (AvgIpc) is 2.68. The lowest BCUT2D eigenvalue weighted by Crippen LogP contribution is -2.47. The van der Waals surface area contributed by atoms with Gasteiger partial charge >= 0.3 is 0 Å². The van der Waals surface area contributed by atoms with Gasteiger partial charge in [0.1, 0.15) is 4.75 Å². The van der Waals surface area contributed by atoms with Crippen molar-refractivity contribution in [1.29, 1.82) is 0 Å². The minimum atomic E-state index is -2.71. The zero-order chi connectivity index (χ0) is 11.9. The first-order valence-corrected chi connectivity index (χ1v) is 6.00. The molecule has 15 heavy (non-hydrogen) atoms. The Balaban J connectivity index is 2.49. The third kappa shape index (κ3) is 3.27. The highest BCUT2D eigenvalue weighted by Gasteiger charge is 2.61. The molecule has 0 aromatic rings. The Morgan fingerprint density at radius 3 is 2.33 bits per heavy atom. The predicted octanol–water partition coefficient (Wildman–Crippen LogP) is 1.05. The van der Waals surface area contributed by atoms with Crippen LogP contribution in [-0.4, -0.2) is 33.0 Å². The lowest BCUT2D eigenvalue weighted by molar-refractivity contribution is 0.0835. The molecule has 6 heteroatoms. The van der Waals surface area contributed by atoms with Gasteiger partial charge in [-0.25, -0.2) is 8.78 Å². The van der Waals surface area contributed by atoms with Gasteiger partial charge in [0.2, 0.25) is 0 Å². The molecule has 0 radical (unpaired) electrons. The zero-order valence-corrected chi connectivity index (χ0v) is 9.91. The van der Waals surface area contributed by atoms with Crippen molar-refractivity contribution >= 4 is 11.4 Å². The van der Waals surface area contributed by atoms with E-state index in [0.717, 1.165) is 0 Å². The van der Waals surface area contributed by atoms with Gasteiger partial charge in [0.25, 0.3) is 5.92 Å². The molecule has 3 unspecified atom stereocenters. The fourth-order valence-electron chi connectivity index (χ4n) is 1.23. The molecule has 1 rings (SSSR count). The molecule has 0 aromatic carbocycles. The fraction of sp³-hybridized carbons (Fsp3) is 1.00. The number of hydrogen-bond donors (Lipinski definition) is 2. The van der Waals surface area contributed by atoms with E-state index in [0.29, 0.717) is 0 Å². The minimum absolute atomic E-state index is 0.230. The number of halogens is 2. The number of aliphatic hydroxyl groups is 1. The van der Waals surface area contributed by atoms with Crippen molar-refractivity contribution in [2.45, 2.75) is 43.9 Å². The highest BCUT2D eigenvalue weighted by molar-refractivity contribution is 7.90. The van der Waals surface area contributed by atoms with E-state index in [-0.39, 0.29) is 6.42 Å². The molecule has 0 saturated heterocycles. The van der Waals surface area contributed by atoms with Crippen molar-refractivity contribution in [2.75, 3.05) is 6.61 Å². The van der Waals surface area contributed by atoms with E-state index in [9.17, 15) is 13.3 Å². The Labute approximate surface area is 91.6 Å². The van der Waals surface area contributed by atoms with Crippen LogP contribution < -0.4 is 4.72 Å². The summed E-state index contributed by atoms with van der Waals surface area (Å²) in [6, 6.07) is -0.778. The molecular weight excluding hydrogens is 224 g/mol. The van der Waals surface area contributed by atoms with Crippen molar-refractivity contribution in [2.24, 2.45) is 5.92 Å². The van der Waals surface area contributed by atoms with E-state index in [1.54, 1.807) is 20.8 Å². The van der Waals surface area contributed by atoms with Gasteiger partial charge in [-0.05, 0) is 20.8 Å². The van der Waals surface area contributed by atoms with Gasteiger partial charge in [-0.15, -0.1) is 4.72 Å². The summed E-state index contributed by atoms with van der Waals surface area (Å²) >= 11 is -1.42. The van der Waals surface area contributed by atoms with E-state index in [1.165, 1.54) is 0 Å². The van der Waals surface area contributed by atoms with Crippen LogP contribution in [0.5, 0.6) is 0 Å². The maximum atomic E-state index is 12.7. The second kappa shape index (κ2) is 4.16. The van der Waals surface area contributed by atoms with Gasteiger partial charge in [-0.2, -0.15) is 0 Å². The Hall–Kier alpha value is 0.0900. The second-order valence-corrected chi connectivity index (χ2v) is 6.86. The number of alkyl halides is 2. The third-order valence-corrected chi connectivity index (χ3v) is 4.00. The summed E-state index contributed by atoms with van der Waals surface area (Å²) in [5.74, 6) is -3.59. The molecule has 90 valence electrons. The number of nitrogens with one attached hydrogen (secondary N) is 1. The van der Waals surface area contributed by atoms with Crippen LogP contribution in [0.25, 0.3) is 0 Å². The molecule has 1 aliphatic rings. The lowest BCUT2D eigenvalue weighted by atomic mass is 10.2. The molecular formula is C9H17F2NO2S. The molecule has 1 saturated carbocycles. The van der Waals surface area contributed by atoms with E-state index in [4.69, 9.17) is 5.11 Å². The smallest absolute Gasteiger partial charge is 0.253 e. The minimum Gasteiger partial charge on any atom is -0.598 e. The summed E-state index contributed by atoms with van der Waals surface area (Å²) in [5, 5.41) is 8.95. The van der Waals surface area contributed by atoms with Crippen LogP contribution in [-0.2, 0) is 11.4 Å². The van der Waals surface area contributed by atoms with Crippen LogP contribution in [0.4, 0.5) is 8.78 Å². The van der Waals surface area contributed by atoms with Crippen molar-refractivity contribution in [3.63, 3.8) is 0 Å². The molecule has 0 aromatic heterocycles. The molecule has 0 aliphatic heterocycles. The van der Waals surface area contributed by atoms with E-state index in [1.807, 2.05) is 0 Å². The Morgan fingerprint density at radius 1 is 1.60 bits per heavy atom. The van der Waals surface area contributed by atoms with Gasteiger partial charge in [0, 0.05) is 17.8 Å². The van der Waals surface area contributed by atoms with Crippen molar-refractivity contribution < 1.29 is 18.4 Å². The quantitative estimate of drug-likeness (QED) is 0.723. The summed E-state index contributed by atoms with van der Waals surface area (Å²) in [4.78, 5) is 0. The van der Waals surface area contributed by atoms with Gasteiger partial charge < -0.3 is 9.66 Å². The highest BCUT2D eigenvalue weighted by Crippen LogP contribution is 2.50. The van der Waals surface area contributed by atoms with Gasteiger partial charge in [-0.1, -0.05) is 0 Å². The average molecular weight is 241 g/mol. The molecule has 0 bridgehead atoms. The monoisotopic (exact) mass is 241 g/mol. The Kier molecular flexibility index (Phi) is 3.65. The Bertz CT molecular complexity index is 233. The van der Waals surface area contributed by atoms with E-state index in [2.05, 4.69) is 4.72 Å². The second-order valence-electron chi connectivity index (χ2n) is 4.86. The number of rotatable bonds is 4. The van der Waals surface area contributed by atoms with Crippen LogP contribution in [0, 0.1) is 5.92 Å². The summed E-state index contributed by atoms with van der Waals surface area (Å²) in [6.45, 7) is 4.82. The van der Waals surface area contributed by atoms with Gasteiger partial charge in [0.15, 0.2) is 0 Å². The van der Waals surface area contributed by atoms with Crippen molar-refractivity contribution in [3.05, 3.63) is 0 Å². The van der Waals surface area contributed by atoms with Crippen molar-refractivity contribution in [3.8, 4) is 0 Å². The SMILES string of the molecule is CC(C)(C)[S+]([O-])NC(CO)C1CC1(F)F. The summed E-state index contributed by atoms with van der Waals surface area (Å²) in [6.07, 6.45) is -0.230. The first kappa shape index (κ1) is 13.2. The first-order chi connectivity index (χ1) is 6.68. The maximum absolute atomic E-state index is 12.7.